The summed E-state index contributed by atoms with van der Waals surface area (Å²) in [6.07, 6.45) is 5.20. The van der Waals surface area contributed by atoms with Crippen molar-refractivity contribution in [1.82, 2.24) is 5.32 Å². The lowest BCUT2D eigenvalue weighted by atomic mass is 9.96. The Hall–Kier alpha value is -2.79. The van der Waals surface area contributed by atoms with E-state index in [2.05, 4.69) is 35.6 Å². The molecule has 5 heteroatoms. The van der Waals surface area contributed by atoms with Crippen LogP contribution in [-0.4, -0.2) is 23.8 Å². The molecule has 1 fully saturated rings. The fourth-order valence-electron chi connectivity index (χ4n) is 4.30. The highest BCUT2D eigenvalue weighted by molar-refractivity contribution is 8.00. The molecule has 0 heterocycles. The van der Waals surface area contributed by atoms with Crippen molar-refractivity contribution in [2.75, 3.05) is 6.54 Å². The predicted molar refractivity (Wildman–Crippen MR) is 133 cm³/mol. The Kier molecular flexibility index (Phi) is 8.05. The van der Waals surface area contributed by atoms with E-state index in [1.54, 1.807) is 12.1 Å². The Morgan fingerprint density at radius 2 is 1.79 bits per heavy atom. The van der Waals surface area contributed by atoms with E-state index in [4.69, 9.17) is 4.74 Å². The molecule has 0 atom stereocenters. The van der Waals surface area contributed by atoms with E-state index < -0.39 is 0 Å². The topological polar surface area (TPSA) is 38.3 Å². The highest BCUT2D eigenvalue weighted by atomic mass is 32.2. The first-order valence-electron chi connectivity index (χ1n) is 11.6. The van der Waals surface area contributed by atoms with E-state index >= 15 is 0 Å². The van der Waals surface area contributed by atoms with Crippen molar-refractivity contribution >= 4 is 17.7 Å². The first-order chi connectivity index (χ1) is 16.1. The van der Waals surface area contributed by atoms with Crippen LogP contribution >= 0.6 is 11.8 Å². The van der Waals surface area contributed by atoms with Crippen molar-refractivity contribution in [3.63, 3.8) is 0 Å². The van der Waals surface area contributed by atoms with Gasteiger partial charge in [-0.05, 0) is 85.2 Å². The van der Waals surface area contributed by atoms with Crippen LogP contribution in [0, 0.1) is 5.82 Å². The lowest BCUT2D eigenvalue weighted by Crippen LogP contribution is -2.25. The average Bonchev–Trinajstić information content (AvgIpc) is 2.82. The molecule has 0 radical (unpaired) electrons. The van der Waals surface area contributed by atoms with Crippen LogP contribution in [0.1, 0.15) is 38.2 Å². The molecule has 0 aromatic heterocycles. The van der Waals surface area contributed by atoms with E-state index in [-0.39, 0.29) is 17.8 Å². The molecule has 1 amide bonds. The van der Waals surface area contributed by atoms with Crippen molar-refractivity contribution in [3.05, 3.63) is 84.2 Å². The molecular formula is C28H30FNO2S. The lowest BCUT2D eigenvalue weighted by molar-refractivity contribution is -0.118. The molecule has 33 heavy (non-hydrogen) atoms. The average molecular weight is 464 g/mol. The third-order valence-electron chi connectivity index (χ3n) is 5.96. The molecule has 1 aliphatic rings. The molecule has 0 spiro atoms. The molecular weight excluding hydrogens is 433 g/mol. The third-order valence-corrected chi connectivity index (χ3v) is 7.30. The van der Waals surface area contributed by atoms with Gasteiger partial charge in [-0.2, -0.15) is 0 Å². The fraction of sp³-hybridized carbons (Fsp3) is 0.321. The summed E-state index contributed by atoms with van der Waals surface area (Å²) in [6, 6.07) is 23.3. The Balaban J connectivity index is 1.42. The summed E-state index contributed by atoms with van der Waals surface area (Å²) in [6.45, 7) is 2.05. The van der Waals surface area contributed by atoms with Crippen molar-refractivity contribution < 1.29 is 13.9 Å². The number of carbonyl (C=O) groups excluding carboxylic acids is 1. The first kappa shape index (κ1) is 23.4. The number of hydrogen-bond acceptors (Lipinski definition) is 3. The molecule has 1 aliphatic carbocycles. The Morgan fingerprint density at radius 1 is 1.00 bits per heavy atom. The van der Waals surface area contributed by atoms with Gasteiger partial charge < -0.3 is 10.1 Å². The minimum atomic E-state index is -0.263. The molecule has 1 N–H and O–H groups in total. The SMILES string of the molecule is CC(=O)NCCc1ccc(OC2CCC(Sc3ccccc3)CC2)cc1-c1cccc(F)c1. The molecule has 4 rings (SSSR count). The maximum absolute atomic E-state index is 13.9. The van der Waals surface area contributed by atoms with Gasteiger partial charge in [0.1, 0.15) is 11.6 Å². The smallest absolute Gasteiger partial charge is 0.216 e. The third kappa shape index (κ3) is 6.84. The largest absolute Gasteiger partial charge is 0.490 e. The first-order valence-corrected chi connectivity index (χ1v) is 12.5. The number of hydrogen-bond donors (Lipinski definition) is 1. The number of halogens is 1. The number of amides is 1. The van der Waals surface area contributed by atoms with Crippen LogP contribution in [0.2, 0.25) is 0 Å². The van der Waals surface area contributed by atoms with E-state index in [1.165, 1.54) is 17.9 Å². The summed E-state index contributed by atoms with van der Waals surface area (Å²) in [7, 11) is 0. The van der Waals surface area contributed by atoms with Crippen molar-refractivity contribution in [1.29, 1.82) is 0 Å². The Morgan fingerprint density at radius 3 is 2.52 bits per heavy atom. The van der Waals surface area contributed by atoms with E-state index in [1.807, 2.05) is 36.0 Å². The second-order valence-corrected chi connectivity index (χ2v) is 9.88. The van der Waals surface area contributed by atoms with E-state index in [9.17, 15) is 9.18 Å². The van der Waals surface area contributed by atoms with Gasteiger partial charge in [0.15, 0.2) is 0 Å². The van der Waals surface area contributed by atoms with Gasteiger partial charge in [0, 0.05) is 23.6 Å². The van der Waals surface area contributed by atoms with Gasteiger partial charge >= 0.3 is 0 Å². The molecule has 1 saturated carbocycles. The molecule has 3 nitrogen and oxygen atoms in total. The predicted octanol–water partition coefficient (Wildman–Crippen LogP) is 6.65. The van der Waals surface area contributed by atoms with Gasteiger partial charge in [-0.3, -0.25) is 4.79 Å². The van der Waals surface area contributed by atoms with Crippen molar-refractivity contribution in [2.45, 2.75) is 55.3 Å². The molecule has 3 aromatic rings. The zero-order chi connectivity index (χ0) is 23.0. The van der Waals surface area contributed by atoms with Crippen LogP contribution in [0.3, 0.4) is 0 Å². The number of rotatable bonds is 8. The van der Waals surface area contributed by atoms with Gasteiger partial charge in [-0.1, -0.05) is 36.4 Å². The molecule has 0 aliphatic heterocycles. The second kappa shape index (κ2) is 11.4. The van der Waals surface area contributed by atoms with Gasteiger partial charge in [0.2, 0.25) is 5.91 Å². The van der Waals surface area contributed by atoms with E-state index in [0.29, 0.717) is 18.2 Å². The van der Waals surface area contributed by atoms with Crippen LogP contribution in [0.25, 0.3) is 11.1 Å². The van der Waals surface area contributed by atoms with Crippen molar-refractivity contribution in [2.24, 2.45) is 0 Å². The minimum Gasteiger partial charge on any atom is -0.490 e. The van der Waals surface area contributed by atoms with Crippen LogP contribution in [0.15, 0.2) is 77.7 Å². The second-order valence-electron chi connectivity index (χ2n) is 8.51. The zero-order valence-electron chi connectivity index (χ0n) is 18.9. The summed E-state index contributed by atoms with van der Waals surface area (Å²) in [5.74, 6) is 0.501. The number of carbonyl (C=O) groups is 1. The van der Waals surface area contributed by atoms with Crippen LogP contribution in [0.5, 0.6) is 5.75 Å². The Labute approximate surface area is 199 Å². The number of nitrogens with one attached hydrogen (secondary N) is 1. The maximum Gasteiger partial charge on any atom is 0.216 e. The molecule has 3 aromatic carbocycles. The van der Waals surface area contributed by atoms with Crippen LogP contribution in [-0.2, 0) is 11.2 Å². The highest BCUT2D eigenvalue weighted by Gasteiger charge is 2.23. The lowest BCUT2D eigenvalue weighted by Gasteiger charge is -2.29. The molecule has 0 unspecified atom stereocenters. The maximum atomic E-state index is 13.9. The quantitative estimate of drug-likeness (QED) is 0.406. The molecule has 172 valence electrons. The number of thioether (sulfide) groups is 1. The van der Waals surface area contributed by atoms with Crippen LogP contribution < -0.4 is 10.1 Å². The molecule has 0 bridgehead atoms. The highest BCUT2D eigenvalue weighted by Crippen LogP contribution is 2.36. The van der Waals surface area contributed by atoms with Gasteiger partial charge in [0.25, 0.3) is 0 Å². The standard InChI is InChI=1S/C28H30FNO2S/c1-20(31)30-17-16-21-10-11-25(19-28(21)22-6-5-7-23(29)18-22)32-24-12-14-27(15-13-24)33-26-8-3-2-4-9-26/h2-11,18-19,24,27H,12-17H2,1H3,(H,30,31). The van der Waals surface area contributed by atoms with E-state index in [0.717, 1.165) is 48.1 Å². The van der Waals surface area contributed by atoms with Crippen molar-refractivity contribution in [3.8, 4) is 16.9 Å². The zero-order valence-corrected chi connectivity index (χ0v) is 19.7. The summed E-state index contributed by atoms with van der Waals surface area (Å²) in [5.41, 5.74) is 2.83. The van der Waals surface area contributed by atoms with Gasteiger partial charge in [0.05, 0.1) is 6.10 Å². The fourth-order valence-corrected chi connectivity index (χ4v) is 5.50. The van der Waals surface area contributed by atoms with Gasteiger partial charge in [-0.15, -0.1) is 11.8 Å². The molecule has 0 saturated heterocycles. The Bertz CT molecular complexity index is 1060. The summed E-state index contributed by atoms with van der Waals surface area (Å²) in [4.78, 5) is 12.6. The monoisotopic (exact) mass is 463 g/mol. The van der Waals surface area contributed by atoms with Gasteiger partial charge in [-0.25, -0.2) is 4.39 Å². The number of ether oxygens (including phenoxy) is 1. The summed E-state index contributed by atoms with van der Waals surface area (Å²) < 4.78 is 20.3. The normalized spacial score (nSPS) is 18.0. The number of benzene rings is 3. The summed E-state index contributed by atoms with van der Waals surface area (Å²) in [5, 5.41) is 3.47. The minimum absolute atomic E-state index is 0.0525. The van der Waals surface area contributed by atoms with Crippen LogP contribution in [0.4, 0.5) is 4.39 Å². The summed E-state index contributed by atoms with van der Waals surface area (Å²) >= 11 is 1.96.